The fourth-order valence-electron chi connectivity index (χ4n) is 2.28. The van der Waals surface area contributed by atoms with Gasteiger partial charge in [-0.2, -0.15) is 0 Å². The minimum Gasteiger partial charge on any atom is -0.460 e. The van der Waals surface area contributed by atoms with Crippen molar-refractivity contribution in [3.05, 3.63) is 65.2 Å². The summed E-state index contributed by atoms with van der Waals surface area (Å²) in [5.41, 5.74) is 2.26. The van der Waals surface area contributed by atoms with Gasteiger partial charge in [0.15, 0.2) is 0 Å². The zero-order valence-electron chi connectivity index (χ0n) is 14.6. The SMILES string of the molecule is Cc1cccc(C)c1NC(=O)C(C)(C)C(=O)OCc1ccccc1. The summed E-state index contributed by atoms with van der Waals surface area (Å²) in [6, 6.07) is 15.2. The molecule has 0 aromatic heterocycles. The number of hydrogen-bond acceptors (Lipinski definition) is 3. The topological polar surface area (TPSA) is 55.4 Å². The molecule has 0 aliphatic heterocycles. The van der Waals surface area contributed by atoms with E-state index < -0.39 is 11.4 Å². The number of ether oxygens (including phenoxy) is 1. The van der Waals surface area contributed by atoms with Crippen LogP contribution in [0.15, 0.2) is 48.5 Å². The van der Waals surface area contributed by atoms with E-state index in [0.717, 1.165) is 22.4 Å². The lowest BCUT2D eigenvalue weighted by atomic mass is 9.92. The molecule has 0 heterocycles. The van der Waals surface area contributed by atoms with Gasteiger partial charge in [0.25, 0.3) is 0 Å². The van der Waals surface area contributed by atoms with Crippen molar-refractivity contribution in [1.82, 2.24) is 0 Å². The first-order valence-corrected chi connectivity index (χ1v) is 7.91. The molecule has 4 nitrogen and oxygen atoms in total. The second-order valence-electron chi connectivity index (χ2n) is 6.41. The number of amides is 1. The minimum atomic E-state index is -1.27. The van der Waals surface area contributed by atoms with Crippen molar-refractivity contribution < 1.29 is 14.3 Å². The van der Waals surface area contributed by atoms with Crippen LogP contribution in [0.3, 0.4) is 0 Å². The highest BCUT2D eigenvalue weighted by Crippen LogP contribution is 2.25. The number of esters is 1. The first kappa shape index (κ1) is 17.7. The van der Waals surface area contributed by atoms with Crippen molar-refractivity contribution >= 4 is 17.6 Å². The van der Waals surface area contributed by atoms with E-state index in [-0.39, 0.29) is 12.5 Å². The van der Waals surface area contributed by atoms with Crippen molar-refractivity contribution in [2.24, 2.45) is 5.41 Å². The van der Waals surface area contributed by atoms with Gasteiger partial charge in [-0.25, -0.2) is 0 Å². The summed E-state index contributed by atoms with van der Waals surface area (Å²) in [7, 11) is 0. The maximum atomic E-state index is 12.6. The van der Waals surface area contributed by atoms with E-state index in [0.29, 0.717) is 0 Å². The summed E-state index contributed by atoms with van der Waals surface area (Å²) in [6.45, 7) is 7.14. The number of para-hydroxylation sites is 1. The third-order valence-corrected chi connectivity index (χ3v) is 4.01. The lowest BCUT2D eigenvalue weighted by Gasteiger charge is -2.23. The molecule has 0 saturated heterocycles. The summed E-state index contributed by atoms with van der Waals surface area (Å²) in [5, 5.41) is 2.86. The molecule has 2 rings (SSSR count). The molecule has 126 valence electrons. The van der Waals surface area contributed by atoms with Crippen LogP contribution in [0.1, 0.15) is 30.5 Å². The van der Waals surface area contributed by atoms with Gasteiger partial charge in [0.2, 0.25) is 5.91 Å². The fraction of sp³-hybridized carbons (Fsp3) is 0.300. The van der Waals surface area contributed by atoms with Gasteiger partial charge in [0.05, 0.1) is 0 Å². The molecule has 4 heteroatoms. The summed E-state index contributed by atoms with van der Waals surface area (Å²) in [6.07, 6.45) is 0. The van der Waals surface area contributed by atoms with Crippen LogP contribution in [0.2, 0.25) is 0 Å². The molecule has 0 spiro atoms. The Morgan fingerprint density at radius 3 is 2.12 bits per heavy atom. The van der Waals surface area contributed by atoms with Gasteiger partial charge in [-0.15, -0.1) is 0 Å². The number of aryl methyl sites for hydroxylation is 2. The van der Waals surface area contributed by atoms with E-state index >= 15 is 0 Å². The Kier molecular flexibility index (Phi) is 5.39. The van der Waals surface area contributed by atoms with Gasteiger partial charge in [-0.1, -0.05) is 48.5 Å². The van der Waals surface area contributed by atoms with Crippen LogP contribution < -0.4 is 5.32 Å². The predicted molar refractivity (Wildman–Crippen MR) is 94.6 cm³/mol. The number of hydrogen-bond donors (Lipinski definition) is 1. The van der Waals surface area contributed by atoms with Crippen LogP contribution in [0.4, 0.5) is 5.69 Å². The van der Waals surface area contributed by atoms with Gasteiger partial charge < -0.3 is 10.1 Å². The lowest BCUT2D eigenvalue weighted by molar-refractivity contribution is -0.158. The average Bonchev–Trinajstić information content (AvgIpc) is 2.56. The molecule has 24 heavy (non-hydrogen) atoms. The molecule has 1 amide bonds. The molecular formula is C20H23NO3. The van der Waals surface area contributed by atoms with Crippen LogP contribution in [0, 0.1) is 19.3 Å². The van der Waals surface area contributed by atoms with Gasteiger partial charge in [-0.05, 0) is 44.4 Å². The van der Waals surface area contributed by atoms with Gasteiger partial charge in [0, 0.05) is 5.69 Å². The smallest absolute Gasteiger partial charge is 0.321 e. The maximum absolute atomic E-state index is 12.6. The van der Waals surface area contributed by atoms with Crippen LogP contribution in [0.5, 0.6) is 0 Å². The third kappa shape index (κ3) is 4.02. The zero-order valence-corrected chi connectivity index (χ0v) is 14.6. The monoisotopic (exact) mass is 325 g/mol. The molecule has 0 fully saturated rings. The highest BCUT2D eigenvalue weighted by molar-refractivity contribution is 6.08. The van der Waals surface area contributed by atoms with Crippen molar-refractivity contribution in [3.8, 4) is 0 Å². The van der Waals surface area contributed by atoms with Gasteiger partial charge in [0.1, 0.15) is 12.0 Å². The number of anilines is 1. The second-order valence-corrected chi connectivity index (χ2v) is 6.41. The number of carbonyl (C=O) groups excluding carboxylic acids is 2. The molecule has 0 aliphatic rings. The van der Waals surface area contributed by atoms with Crippen molar-refractivity contribution in [3.63, 3.8) is 0 Å². The van der Waals surface area contributed by atoms with Crippen LogP contribution in [-0.4, -0.2) is 11.9 Å². The molecule has 0 bridgehead atoms. The average molecular weight is 325 g/mol. The minimum absolute atomic E-state index is 0.153. The summed E-state index contributed by atoms with van der Waals surface area (Å²) < 4.78 is 5.31. The maximum Gasteiger partial charge on any atom is 0.321 e. The number of carbonyl (C=O) groups is 2. The Bertz CT molecular complexity index is 716. The fourth-order valence-corrected chi connectivity index (χ4v) is 2.28. The first-order valence-electron chi connectivity index (χ1n) is 7.91. The van der Waals surface area contributed by atoms with Gasteiger partial charge in [-0.3, -0.25) is 9.59 Å². The first-order chi connectivity index (χ1) is 11.3. The molecule has 0 aliphatic carbocycles. The van der Waals surface area contributed by atoms with Gasteiger partial charge >= 0.3 is 5.97 Å². The Morgan fingerprint density at radius 1 is 0.958 bits per heavy atom. The van der Waals surface area contributed by atoms with E-state index in [1.54, 1.807) is 13.8 Å². The normalized spacial score (nSPS) is 11.0. The Morgan fingerprint density at radius 2 is 1.54 bits per heavy atom. The quantitative estimate of drug-likeness (QED) is 0.667. The highest BCUT2D eigenvalue weighted by Gasteiger charge is 2.38. The standard InChI is InChI=1S/C20H23NO3/c1-14-9-8-10-15(2)17(14)21-18(22)20(3,4)19(23)24-13-16-11-6-5-7-12-16/h5-12H,13H2,1-4H3,(H,21,22). The van der Waals surface area contributed by atoms with E-state index in [9.17, 15) is 9.59 Å². The van der Waals surface area contributed by atoms with Crippen LogP contribution in [0.25, 0.3) is 0 Å². The summed E-state index contributed by atoms with van der Waals surface area (Å²) >= 11 is 0. The lowest BCUT2D eigenvalue weighted by Crippen LogP contribution is -2.39. The number of nitrogens with one attached hydrogen (secondary N) is 1. The van der Waals surface area contributed by atoms with Crippen molar-refractivity contribution in [1.29, 1.82) is 0 Å². The van der Waals surface area contributed by atoms with E-state index in [1.807, 2.05) is 62.4 Å². The van der Waals surface area contributed by atoms with E-state index in [1.165, 1.54) is 0 Å². The summed E-state index contributed by atoms with van der Waals surface area (Å²) in [5.74, 6) is -0.923. The van der Waals surface area contributed by atoms with Crippen LogP contribution >= 0.6 is 0 Å². The second kappa shape index (κ2) is 7.30. The Balaban J connectivity index is 2.05. The molecule has 0 atom stereocenters. The van der Waals surface area contributed by atoms with Crippen molar-refractivity contribution in [2.75, 3.05) is 5.32 Å². The van der Waals surface area contributed by atoms with E-state index in [2.05, 4.69) is 5.32 Å². The zero-order chi connectivity index (χ0) is 17.7. The molecule has 0 radical (unpaired) electrons. The molecule has 2 aromatic carbocycles. The largest absolute Gasteiger partial charge is 0.460 e. The predicted octanol–water partition coefficient (Wildman–Crippen LogP) is 4.01. The molecule has 0 unspecified atom stereocenters. The molecule has 0 saturated carbocycles. The highest BCUT2D eigenvalue weighted by atomic mass is 16.5. The summed E-state index contributed by atoms with van der Waals surface area (Å²) in [4.78, 5) is 24.9. The molecule has 1 N–H and O–H groups in total. The van der Waals surface area contributed by atoms with Crippen molar-refractivity contribution in [2.45, 2.75) is 34.3 Å². The van der Waals surface area contributed by atoms with Crippen LogP contribution in [-0.2, 0) is 20.9 Å². The Hall–Kier alpha value is -2.62. The number of benzene rings is 2. The van der Waals surface area contributed by atoms with E-state index in [4.69, 9.17) is 4.74 Å². The molecule has 2 aromatic rings. The number of rotatable bonds is 5. The third-order valence-electron chi connectivity index (χ3n) is 4.01. The Labute approximate surface area is 142 Å². The molecular weight excluding hydrogens is 302 g/mol.